The second kappa shape index (κ2) is 8.93. The van der Waals surface area contributed by atoms with Crippen LogP contribution in [0.3, 0.4) is 0 Å². The smallest absolute Gasteiger partial charge is 0.281 e. The van der Waals surface area contributed by atoms with Crippen LogP contribution < -0.4 is 9.47 Å². The molecule has 0 N–H and O–H groups in total. The Morgan fingerprint density at radius 1 is 1.22 bits per heavy atom. The van der Waals surface area contributed by atoms with Gasteiger partial charge in [-0.1, -0.05) is 29.8 Å². The highest BCUT2D eigenvalue weighted by molar-refractivity contribution is 6.03. The Labute approximate surface area is 184 Å². The van der Waals surface area contributed by atoms with Crippen molar-refractivity contribution in [3.05, 3.63) is 87.9 Å². The van der Waals surface area contributed by atoms with Crippen LogP contribution in [0, 0.1) is 17.0 Å². The SMILES string of the molecule is COc1ccc([N+](=O)[O-])cc1OCC(=O)N1N=C(c2ccc(C)cc2)CC1c1ccco1. The number of nitro benzene ring substituents is 1. The van der Waals surface area contributed by atoms with E-state index in [1.54, 1.807) is 18.4 Å². The van der Waals surface area contributed by atoms with Crippen molar-refractivity contribution in [2.24, 2.45) is 5.10 Å². The molecule has 1 aliphatic rings. The number of non-ortho nitro benzene ring substituents is 1. The largest absolute Gasteiger partial charge is 0.493 e. The molecule has 3 aromatic rings. The van der Waals surface area contributed by atoms with Crippen LogP contribution in [-0.4, -0.2) is 35.3 Å². The lowest BCUT2D eigenvalue weighted by Gasteiger charge is -2.20. The first-order valence-corrected chi connectivity index (χ1v) is 9.91. The third kappa shape index (κ3) is 4.31. The first-order chi connectivity index (χ1) is 15.5. The van der Waals surface area contributed by atoms with Crippen molar-refractivity contribution >= 4 is 17.3 Å². The lowest BCUT2D eigenvalue weighted by Crippen LogP contribution is -2.31. The van der Waals surface area contributed by atoms with Gasteiger partial charge >= 0.3 is 0 Å². The van der Waals surface area contributed by atoms with E-state index in [1.807, 2.05) is 31.2 Å². The fourth-order valence-electron chi connectivity index (χ4n) is 3.46. The van der Waals surface area contributed by atoms with Gasteiger partial charge in [-0.15, -0.1) is 0 Å². The summed E-state index contributed by atoms with van der Waals surface area (Å²) in [5.41, 5.74) is 2.64. The van der Waals surface area contributed by atoms with Crippen molar-refractivity contribution in [2.45, 2.75) is 19.4 Å². The minimum Gasteiger partial charge on any atom is -0.493 e. The summed E-state index contributed by atoms with van der Waals surface area (Å²) in [4.78, 5) is 23.6. The second-order valence-electron chi connectivity index (χ2n) is 7.27. The first-order valence-electron chi connectivity index (χ1n) is 9.91. The van der Waals surface area contributed by atoms with Crippen molar-refractivity contribution in [3.63, 3.8) is 0 Å². The third-order valence-corrected chi connectivity index (χ3v) is 5.13. The van der Waals surface area contributed by atoms with Gasteiger partial charge in [0.2, 0.25) is 0 Å². The fraction of sp³-hybridized carbons (Fsp3) is 0.217. The standard InChI is InChI=1S/C23H21N3O6/c1-15-5-7-16(8-6-15)18-13-19(20-4-3-11-31-20)25(24-18)23(27)14-32-22-12-17(26(28)29)9-10-21(22)30-2/h3-12,19H,13-14H2,1-2H3. The molecule has 0 fully saturated rings. The lowest BCUT2D eigenvalue weighted by molar-refractivity contribution is -0.385. The van der Waals surface area contributed by atoms with E-state index in [2.05, 4.69) is 5.10 Å². The molecule has 0 bridgehead atoms. The van der Waals surface area contributed by atoms with Gasteiger partial charge < -0.3 is 13.9 Å². The number of hydrazone groups is 1. The van der Waals surface area contributed by atoms with Gasteiger partial charge in [0, 0.05) is 12.5 Å². The van der Waals surface area contributed by atoms with Gasteiger partial charge in [0.15, 0.2) is 18.1 Å². The molecule has 1 aromatic heterocycles. The van der Waals surface area contributed by atoms with Gasteiger partial charge in [0.05, 0.1) is 30.1 Å². The minimum absolute atomic E-state index is 0.103. The number of nitrogens with zero attached hydrogens (tertiary/aromatic N) is 3. The Morgan fingerprint density at radius 3 is 2.66 bits per heavy atom. The first kappa shape index (κ1) is 21.1. The van der Waals surface area contributed by atoms with E-state index >= 15 is 0 Å². The maximum absolute atomic E-state index is 13.1. The zero-order valence-electron chi connectivity index (χ0n) is 17.6. The molecule has 0 aliphatic carbocycles. The highest BCUT2D eigenvalue weighted by atomic mass is 16.6. The molecule has 9 heteroatoms. The van der Waals surface area contributed by atoms with Crippen LogP contribution in [-0.2, 0) is 4.79 Å². The molecule has 1 aliphatic heterocycles. The van der Waals surface area contributed by atoms with Gasteiger partial charge in [-0.25, -0.2) is 5.01 Å². The molecule has 2 aromatic carbocycles. The van der Waals surface area contributed by atoms with E-state index in [-0.39, 0.29) is 23.8 Å². The monoisotopic (exact) mass is 435 g/mol. The van der Waals surface area contributed by atoms with E-state index in [9.17, 15) is 14.9 Å². The third-order valence-electron chi connectivity index (χ3n) is 5.13. The summed E-state index contributed by atoms with van der Waals surface area (Å²) in [7, 11) is 1.42. The highest BCUT2D eigenvalue weighted by Crippen LogP contribution is 2.34. The average Bonchev–Trinajstić information content (AvgIpc) is 3.47. The predicted octanol–water partition coefficient (Wildman–Crippen LogP) is 4.26. The van der Waals surface area contributed by atoms with Gasteiger partial charge in [0.1, 0.15) is 11.8 Å². The number of ether oxygens (including phenoxy) is 2. The number of hydrogen-bond donors (Lipinski definition) is 0. The van der Waals surface area contributed by atoms with Crippen LogP contribution in [0.4, 0.5) is 5.69 Å². The maximum atomic E-state index is 13.1. The van der Waals surface area contributed by atoms with E-state index in [0.717, 1.165) is 16.8 Å². The Morgan fingerprint density at radius 2 is 2.00 bits per heavy atom. The normalized spacial score (nSPS) is 15.4. The second-order valence-corrected chi connectivity index (χ2v) is 7.27. The number of aryl methyl sites for hydroxylation is 1. The maximum Gasteiger partial charge on any atom is 0.281 e. The van der Waals surface area contributed by atoms with Gasteiger partial charge in [0.25, 0.3) is 11.6 Å². The summed E-state index contributed by atoms with van der Waals surface area (Å²) in [6.07, 6.45) is 2.04. The van der Waals surface area contributed by atoms with E-state index < -0.39 is 16.9 Å². The summed E-state index contributed by atoms with van der Waals surface area (Å²) in [6, 6.07) is 15.0. The number of furan rings is 1. The Bertz CT molecular complexity index is 1150. The fourth-order valence-corrected chi connectivity index (χ4v) is 3.46. The molecular weight excluding hydrogens is 414 g/mol. The molecule has 1 amide bonds. The van der Waals surface area contributed by atoms with E-state index in [1.165, 1.54) is 30.3 Å². The summed E-state index contributed by atoms with van der Waals surface area (Å²) in [5, 5.41) is 17.0. The number of amides is 1. The molecule has 0 saturated heterocycles. The van der Waals surface area contributed by atoms with E-state index in [4.69, 9.17) is 13.9 Å². The number of carbonyl (C=O) groups excluding carboxylic acids is 1. The Kier molecular flexibility index (Phi) is 5.89. The number of carbonyl (C=O) groups is 1. The summed E-state index contributed by atoms with van der Waals surface area (Å²) in [5.74, 6) is 0.585. The van der Waals surface area contributed by atoms with Gasteiger partial charge in [-0.05, 0) is 30.7 Å². The molecule has 9 nitrogen and oxygen atoms in total. The topological polar surface area (TPSA) is 107 Å². The van der Waals surface area contributed by atoms with Gasteiger partial charge in [-0.2, -0.15) is 5.10 Å². The highest BCUT2D eigenvalue weighted by Gasteiger charge is 2.35. The zero-order chi connectivity index (χ0) is 22.7. The van der Waals surface area contributed by atoms with Crippen LogP contribution in [0.15, 0.2) is 70.4 Å². The van der Waals surface area contributed by atoms with Crippen molar-refractivity contribution < 1.29 is 23.6 Å². The van der Waals surface area contributed by atoms with Crippen molar-refractivity contribution in [1.82, 2.24) is 5.01 Å². The molecule has 0 saturated carbocycles. The molecule has 32 heavy (non-hydrogen) atoms. The zero-order valence-corrected chi connectivity index (χ0v) is 17.6. The van der Waals surface area contributed by atoms with Crippen LogP contribution in [0.1, 0.15) is 29.3 Å². The molecule has 1 unspecified atom stereocenters. The van der Waals surface area contributed by atoms with Crippen molar-refractivity contribution in [1.29, 1.82) is 0 Å². The Balaban J connectivity index is 1.57. The summed E-state index contributed by atoms with van der Waals surface area (Å²) in [6.45, 7) is 1.63. The molecule has 1 atom stereocenters. The summed E-state index contributed by atoms with van der Waals surface area (Å²) < 4.78 is 16.3. The van der Waals surface area contributed by atoms with Crippen molar-refractivity contribution in [2.75, 3.05) is 13.7 Å². The molecule has 0 radical (unpaired) electrons. The number of rotatable bonds is 7. The van der Waals surface area contributed by atoms with Gasteiger partial charge in [-0.3, -0.25) is 14.9 Å². The molecule has 164 valence electrons. The van der Waals surface area contributed by atoms with Crippen LogP contribution in [0.2, 0.25) is 0 Å². The minimum atomic E-state index is -0.542. The molecule has 4 rings (SSSR count). The number of methoxy groups -OCH3 is 1. The molecule has 2 heterocycles. The number of nitro groups is 1. The predicted molar refractivity (Wildman–Crippen MR) is 116 cm³/mol. The van der Waals surface area contributed by atoms with Crippen LogP contribution in [0.25, 0.3) is 0 Å². The molecular formula is C23H21N3O6. The number of benzene rings is 2. The molecule has 0 spiro atoms. The van der Waals surface area contributed by atoms with Crippen LogP contribution >= 0.6 is 0 Å². The Hall–Kier alpha value is -4.14. The average molecular weight is 435 g/mol. The summed E-state index contributed by atoms with van der Waals surface area (Å²) >= 11 is 0. The van der Waals surface area contributed by atoms with E-state index in [0.29, 0.717) is 12.2 Å². The lowest BCUT2D eigenvalue weighted by atomic mass is 10.0. The van der Waals surface area contributed by atoms with Crippen LogP contribution in [0.5, 0.6) is 11.5 Å². The number of hydrogen-bond acceptors (Lipinski definition) is 7. The van der Waals surface area contributed by atoms with Crippen molar-refractivity contribution in [3.8, 4) is 11.5 Å². The quantitative estimate of drug-likeness (QED) is 0.405.